The third kappa shape index (κ3) is 3.08. The largest absolute Gasteiger partial charge is 0.336 e. The van der Waals surface area contributed by atoms with Gasteiger partial charge in [0, 0.05) is 17.0 Å². The van der Waals surface area contributed by atoms with Crippen molar-refractivity contribution in [3.8, 4) is 0 Å². The highest BCUT2D eigenvalue weighted by molar-refractivity contribution is 8.00. The van der Waals surface area contributed by atoms with Gasteiger partial charge in [-0.3, -0.25) is 4.79 Å². The van der Waals surface area contributed by atoms with Crippen molar-refractivity contribution in [1.82, 2.24) is 4.90 Å². The lowest BCUT2D eigenvalue weighted by Crippen LogP contribution is -2.40. The molecule has 0 saturated carbocycles. The number of nitrogens with zero attached hydrogens (tertiary/aromatic N) is 1. The van der Waals surface area contributed by atoms with Gasteiger partial charge in [0.05, 0.1) is 5.75 Å². The van der Waals surface area contributed by atoms with Gasteiger partial charge in [-0.1, -0.05) is 25.1 Å². The molecule has 0 aliphatic carbocycles. The second-order valence-electron chi connectivity index (χ2n) is 4.89. The van der Waals surface area contributed by atoms with E-state index >= 15 is 0 Å². The Morgan fingerprint density at radius 3 is 2.72 bits per heavy atom. The van der Waals surface area contributed by atoms with Crippen molar-refractivity contribution in [1.29, 1.82) is 0 Å². The summed E-state index contributed by atoms with van der Waals surface area (Å²) in [6.07, 6.45) is 3.39. The molecule has 1 aliphatic heterocycles. The molecule has 2 atom stereocenters. The van der Waals surface area contributed by atoms with Gasteiger partial charge >= 0.3 is 0 Å². The van der Waals surface area contributed by atoms with E-state index in [0.717, 1.165) is 12.8 Å². The zero-order chi connectivity index (χ0) is 13.0. The number of hydrogen-bond donors (Lipinski definition) is 0. The first-order valence-electron chi connectivity index (χ1n) is 6.71. The number of amides is 1. The first kappa shape index (κ1) is 13.5. The van der Waals surface area contributed by atoms with E-state index in [4.69, 9.17) is 0 Å². The average molecular weight is 263 g/mol. The Kier molecular flexibility index (Phi) is 4.70. The molecular formula is C15H21NOS. The summed E-state index contributed by atoms with van der Waals surface area (Å²) in [7, 11) is 0. The smallest absolute Gasteiger partial charge is 0.233 e. The SMILES string of the molecule is CCC1CCC(C)N1C(=O)CSc1ccccc1. The van der Waals surface area contributed by atoms with Gasteiger partial charge in [-0.2, -0.15) is 0 Å². The highest BCUT2D eigenvalue weighted by Gasteiger charge is 2.32. The Balaban J connectivity index is 1.91. The molecular weight excluding hydrogens is 242 g/mol. The second-order valence-corrected chi connectivity index (χ2v) is 5.94. The number of rotatable bonds is 4. The molecule has 0 N–H and O–H groups in total. The number of carbonyl (C=O) groups excluding carboxylic acids is 1. The Morgan fingerprint density at radius 1 is 1.33 bits per heavy atom. The van der Waals surface area contributed by atoms with Gasteiger partial charge in [-0.15, -0.1) is 11.8 Å². The monoisotopic (exact) mass is 263 g/mol. The minimum atomic E-state index is 0.292. The molecule has 1 aromatic rings. The third-order valence-electron chi connectivity index (χ3n) is 3.65. The van der Waals surface area contributed by atoms with Crippen LogP contribution in [0.15, 0.2) is 35.2 Å². The average Bonchev–Trinajstić information content (AvgIpc) is 2.78. The summed E-state index contributed by atoms with van der Waals surface area (Å²) in [6, 6.07) is 11.0. The van der Waals surface area contributed by atoms with Crippen LogP contribution in [0.1, 0.15) is 33.1 Å². The molecule has 2 nitrogen and oxygen atoms in total. The van der Waals surface area contributed by atoms with Crippen LogP contribution in [0.5, 0.6) is 0 Å². The fourth-order valence-corrected chi connectivity index (χ4v) is 3.45. The summed E-state index contributed by atoms with van der Waals surface area (Å²) in [5, 5.41) is 0. The lowest BCUT2D eigenvalue weighted by Gasteiger charge is -2.27. The van der Waals surface area contributed by atoms with Gasteiger partial charge < -0.3 is 4.90 Å². The van der Waals surface area contributed by atoms with Gasteiger partial charge in [0.2, 0.25) is 5.91 Å². The Hall–Kier alpha value is -0.960. The van der Waals surface area contributed by atoms with Crippen LogP contribution in [0, 0.1) is 0 Å². The molecule has 0 radical (unpaired) electrons. The van der Waals surface area contributed by atoms with Crippen molar-refractivity contribution in [2.75, 3.05) is 5.75 Å². The van der Waals surface area contributed by atoms with E-state index < -0.39 is 0 Å². The van der Waals surface area contributed by atoms with Crippen molar-refractivity contribution in [2.45, 2.75) is 50.1 Å². The topological polar surface area (TPSA) is 20.3 Å². The van der Waals surface area contributed by atoms with Crippen LogP contribution in [0.25, 0.3) is 0 Å². The van der Waals surface area contributed by atoms with Crippen molar-refractivity contribution in [2.24, 2.45) is 0 Å². The zero-order valence-corrected chi connectivity index (χ0v) is 12.0. The molecule has 98 valence electrons. The van der Waals surface area contributed by atoms with Gasteiger partial charge in [0.15, 0.2) is 0 Å². The van der Waals surface area contributed by atoms with E-state index in [9.17, 15) is 4.79 Å². The molecule has 0 aromatic heterocycles. The molecule has 0 bridgehead atoms. The highest BCUT2D eigenvalue weighted by Crippen LogP contribution is 2.27. The summed E-state index contributed by atoms with van der Waals surface area (Å²) in [5.74, 6) is 0.853. The number of hydrogen-bond acceptors (Lipinski definition) is 2. The van der Waals surface area contributed by atoms with E-state index in [-0.39, 0.29) is 0 Å². The standard InChI is InChI=1S/C15H21NOS/c1-3-13-10-9-12(2)16(13)15(17)11-18-14-7-5-4-6-8-14/h4-8,12-13H,3,9-11H2,1-2H3. The van der Waals surface area contributed by atoms with Crippen LogP contribution in [-0.2, 0) is 4.79 Å². The predicted molar refractivity (Wildman–Crippen MR) is 76.8 cm³/mol. The molecule has 1 amide bonds. The molecule has 2 rings (SSSR count). The molecule has 18 heavy (non-hydrogen) atoms. The molecule has 1 aliphatic rings. The van der Waals surface area contributed by atoms with Crippen LogP contribution in [0.4, 0.5) is 0 Å². The predicted octanol–water partition coefficient (Wildman–Crippen LogP) is 3.57. The van der Waals surface area contributed by atoms with Crippen LogP contribution < -0.4 is 0 Å². The van der Waals surface area contributed by atoms with Gasteiger partial charge in [0.1, 0.15) is 0 Å². The van der Waals surface area contributed by atoms with Crippen molar-refractivity contribution < 1.29 is 4.79 Å². The molecule has 3 heteroatoms. The van der Waals surface area contributed by atoms with E-state index in [1.165, 1.54) is 11.3 Å². The Bertz CT molecular complexity index is 393. The van der Waals surface area contributed by atoms with Crippen LogP contribution in [0.2, 0.25) is 0 Å². The van der Waals surface area contributed by atoms with Crippen LogP contribution >= 0.6 is 11.8 Å². The van der Waals surface area contributed by atoms with Gasteiger partial charge in [0.25, 0.3) is 0 Å². The maximum atomic E-state index is 12.3. The van der Waals surface area contributed by atoms with Gasteiger partial charge in [-0.25, -0.2) is 0 Å². The number of carbonyl (C=O) groups is 1. The number of benzene rings is 1. The highest BCUT2D eigenvalue weighted by atomic mass is 32.2. The summed E-state index contributed by atoms with van der Waals surface area (Å²) in [4.78, 5) is 15.6. The number of likely N-dealkylation sites (tertiary alicyclic amines) is 1. The fourth-order valence-electron chi connectivity index (χ4n) is 2.66. The summed E-state index contributed by atoms with van der Waals surface area (Å²) >= 11 is 1.64. The third-order valence-corrected chi connectivity index (χ3v) is 4.65. The molecule has 1 fully saturated rings. The molecule has 1 saturated heterocycles. The summed E-state index contributed by atoms with van der Waals surface area (Å²) in [5.41, 5.74) is 0. The number of thioether (sulfide) groups is 1. The van der Waals surface area contributed by atoms with Crippen molar-refractivity contribution in [3.05, 3.63) is 30.3 Å². The lowest BCUT2D eigenvalue weighted by atomic mass is 10.1. The van der Waals surface area contributed by atoms with E-state index in [2.05, 4.69) is 30.9 Å². The minimum absolute atomic E-state index is 0.292. The lowest BCUT2D eigenvalue weighted by molar-refractivity contribution is -0.130. The Morgan fingerprint density at radius 2 is 2.06 bits per heavy atom. The maximum absolute atomic E-state index is 12.3. The van der Waals surface area contributed by atoms with Crippen LogP contribution in [0.3, 0.4) is 0 Å². The zero-order valence-electron chi connectivity index (χ0n) is 11.1. The minimum Gasteiger partial charge on any atom is -0.336 e. The van der Waals surface area contributed by atoms with E-state index in [1.807, 2.05) is 18.2 Å². The first-order valence-corrected chi connectivity index (χ1v) is 7.70. The van der Waals surface area contributed by atoms with Crippen molar-refractivity contribution >= 4 is 17.7 Å². The van der Waals surface area contributed by atoms with Gasteiger partial charge in [-0.05, 0) is 38.3 Å². The summed E-state index contributed by atoms with van der Waals surface area (Å²) in [6.45, 7) is 4.34. The second kappa shape index (κ2) is 6.28. The Labute approximate surface area is 114 Å². The first-order chi connectivity index (χ1) is 8.72. The van der Waals surface area contributed by atoms with Crippen LogP contribution in [-0.4, -0.2) is 28.6 Å². The molecule has 1 heterocycles. The maximum Gasteiger partial charge on any atom is 0.233 e. The molecule has 2 unspecified atom stereocenters. The fraction of sp³-hybridized carbons (Fsp3) is 0.533. The normalized spacial score (nSPS) is 23.3. The van der Waals surface area contributed by atoms with Crippen molar-refractivity contribution in [3.63, 3.8) is 0 Å². The quantitative estimate of drug-likeness (QED) is 0.774. The van der Waals surface area contributed by atoms with E-state index in [0.29, 0.717) is 23.7 Å². The molecule has 0 spiro atoms. The van der Waals surface area contributed by atoms with E-state index in [1.54, 1.807) is 11.8 Å². The molecule has 1 aromatic carbocycles. The summed E-state index contributed by atoms with van der Waals surface area (Å²) < 4.78 is 0.